The zero-order valence-electron chi connectivity index (χ0n) is 29.5. The molecule has 1 aromatic heterocycles. The fraction of sp³-hybridized carbons (Fsp3) is 0.611. The van der Waals surface area contributed by atoms with E-state index < -0.39 is 40.9 Å². The Morgan fingerprint density at radius 1 is 0.894 bits per heavy atom. The van der Waals surface area contributed by atoms with Gasteiger partial charge in [0.2, 0.25) is 5.91 Å². The van der Waals surface area contributed by atoms with Gasteiger partial charge in [0.25, 0.3) is 5.56 Å². The molecule has 11 heteroatoms. The van der Waals surface area contributed by atoms with Crippen molar-refractivity contribution in [3.63, 3.8) is 0 Å². The van der Waals surface area contributed by atoms with Crippen molar-refractivity contribution in [2.24, 2.45) is 0 Å². The van der Waals surface area contributed by atoms with Crippen molar-refractivity contribution in [2.45, 2.75) is 118 Å². The largest absolute Gasteiger partial charge is 0.489 e. The number of amides is 3. The van der Waals surface area contributed by atoms with Crippen LogP contribution in [0.25, 0.3) is 0 Å². The Hall–Kier alpha value is -3.86. The van der Waals surface area contributed by atoms with Crippen molar-refractivity contribution in [1.82, 2.24) is 19.3 Å². The van der Waals surface area contributed by atoms with Crippen molar-refractivity contribution in [3.8, 4) is 5.75 Å². The Bertz CT molecular complexity index is 1350. The number of carbonyl (C=O) groups is 3. The highest BCUT2D eigenvalue weighted by molar-refractivity contribution is 5.95. The first kappa shape index (κ1) is 37.6. The van der Waals surface area contributed by atoms with Gasteiger partial charge in [-0.2, -0.15) is 4.90 Å². The molecule has 1 aromatic carbocycles. The van der Waals surface area contributed by atoms with Crippen LogP contribution in [-0.2, 0) is 27.4 Å². The maximum absolute atomic E-state index is 14.4. The van der Waals surface area contributed by atoms with Crippen molar-refractivity contribution in [1.29, 1.82) is 0 Å². The summed E-state index contributed by atoms with van der Waals surface area (Å²) in [6.45, 7) is 16.9. The Kier molecular flexibility index (Phi) is 13.4. The Morgan fingerprint density at radius 3 is 2.02 bits per heavy atom. The monoisotopic (exact) mass is 654 g/mol. The SMILES string of the molecule is CCN(CCC(C)N1CCCCC1)C(=O)C(Cn1ccc(OCc2ccccc2)cc1=O)N(C(=O)OC(C)(C)C)C(=O)OC(C)(C)C. The summed E-state index contributed by atoms with van der Waals surface area (Å²) in [7, 11) is 0. The number of pyridine rings is 1. The van der Waals surface area contributed by atoms with E-state index in [1.165, 1.54) is 23.3 Å². The molecule has 1 aliphatic rings. The molecule has 1 fully saturated rings. The lowest BCUT2D eigenvalue weighted by Crippen LogP contribution is -2.57. The van der Waals surface area contributed by atoms with Gasteiger partial charge in [0.1, 0.15) is 29.6 Å². The molecule has 3 amide bonds. The van der Waals surface area contributed by atoms with Crippen LogP contribution < -0.4 is 10.3 Å². The van der Waals surface area contributed by atoms with Gasteiger partial charge in [0.05, 0.1) is 6.54 Å². The highest BCUT2D eigenvalue weighted by atomic mass is 16.6. The average Bonchev–Trinajstić information content (AvgIpc) is 3.00. The molecule has 0 aliphatic carbocycles. The van der Waals surface area contributed by atoms with Crippen molar-refractivity contribution < 1.29 is 28.6 Å². The van der Waals surface area contributed by atoms with Crippen molar-refractivity contribution >= 4 is 18.1 Å². The molecule has 0 saturated carbocycles. The van der Waals surface area contributed by atoms with E-state index in [2.05, 4.69) is 11.8 Å². The minimum atomic E-state index is -1.42. The number of hydrogen-bond acceptors (Lipinski definition) is 8. The summed E-state index contributed by atoms with van der Waals surface area (Å²) >= 11 is 0. The molecule has 0 N–H and O–H groups in total. The Labute approximate surface area is 279 Å². The van der Waals surface area contributed by atoms with Crippen LogP contribution in [0, 0.1) is 0 Å². The number of benzene rings is 1. The highest BCUT2D eigenvalue weighted by Gasteiger charge is 2.42. The number of ether oxygens (including phenoxy) is 3. The van der Waals surface area contributed by atoms with Crippen LogP contribution >= 0.6 is 0 Å². The van der Waals surface area contributed by atoms with E-state index in [1.807, 2.05) is 37.3 Å². The minimum Gasteiger partial charge on any atom is -0.489 e. The summed E-state index contributed by atoms with van der Waals surface area (Å²) in [6.07, 6.45) is 3.72. The van der Waals surface area contributed by atoms with Crippen molar-refractivity contribution in [3.05, 3.63) is 64.6 Å². The number of nitrogens with zero attached hydrogens (tertiary/aromatic N) is 4. The number of carbonyl (C=O) groups excluding carboxylic acids is 3. The van der Waals surface area contributed by atoms with Crippen LogP contribution in [0.5, 0.6) is 5.75 Å². The summed E-state index contributed by atoms with van der Waals surface area (Å²) in [5, 5.41) is 0. The first-order valence-corrected chi connectivity index (χ1v) is 16.7. The number of likely N-dealkylation sites (tertiary alicyclic amines) is 1. The molecule has 47 heavy (non-hydrogen) atoms. The Morgan fingerprint density at radius 2 is 1.49 bits per heavy atom. The zero-order chi connectivity index (χ0) is 34.8. The second-order valence-corrected chi connectivity index (χ2v) is 14.1. The highest BCUT2D eigenvalue weighted by Crippen LogP contribution is 2.21. The molecule has 0 spiro atoms. The quantitative estimate of drug-likeness (QED) is 0.271. The average molecular weight is 655 g/mol. The Balaban J connectivity index is 1.94. The second-order valence-electron chi connectivity index (χ2n) is 14.1. The number of piperidine rings is 1. The van der Waals surface area contributed by atoms with Gasteiger partial charge in [-0.25, -0.2) is 9.59 Å². The number of likely N-dealkylation sites (N-methyl/N-ethyl adjacent to an activating group) is 1. The second kappa shape index (κ2) is 16.8. The van der Waals surface area contributed by atoms with Gasteiger partial charge < -0.3 is 28.6 Å². The number of imide groups is 1. The molecule has 3 rings (SSSR count). The van der Waals surface area contributed by atoms with Crippen molar-refractivity contribution in [2.75, 3.05) is 26.2 Å². The summed E-state index contributed by atoms with van der Waals surface area (Å²) in [4.78, 5) is 59.9. The van der Waals surface area contributed by atoms with Gasteiger partial charge in [0, 0.05) is 31.4 Å². The summed E-state index contributed by atoms with van der Waals surface area (Å²) < 4.78 is 18.4. The lowest BCUT2D eigenvalue weighted by molar-refractivity contribution is -0.137. The van der Waals surface area contributed by atoms with Gasteiger partial charge in [-0.15, -0.1) is 0 Å². The molecular weight excluding hydrogens is 600 g/mol. The molecule has 260 valence electrons. The standard InChI is InChI=1S/C36H54N4O7/c1-9-37(22-18-27(2)38-20-14-11-15-21-38)32(42)30(40(33(43)46-35(3,4)5)34(44)47-36(6,7)8)25-39-23-19-29(24-31(39)41)45-26-28-16-12-10-13-17-28/h10,12-13,16-17,19,23-24,27,30H,9,11,14-15,18,20-22,25-26H2,1-8H3. The smallest absolute Gasteiger partial charge is 0.420 e. The molecule has 2 aromatic rings. The molecule has 2 atom stereocenters. The molecule has 1 saturated heterocycles. The third-order valence-corrected chi connectivity index (χ3v) is 7.89. The maximum Gasteiger partial charge on any atom is 0.420 e. The van der Waals surface area contributed by atoms with Crippen LogP contribution in [0.2, 0.25) is 0 Å². The molecular formula is C36H54N4O7. The van der Waals surface area contributed by atoms with Gasteiger partial charge in [-0.05, 0) is 99.4 Å². The molecule has 0 bridgehead atoms. The van der Waals surface area contributed by atoms with Crippen LogP contribution in [0.1, 0.15) is 86.6 Å². The molecule has 2 unspecified atom stereocenters. The third kappa shape index (κ3) is 12.0. The van der Waals surface area contributed by atoms with Crippen LogP contribution in [0.4, 0.5) is 9.59 Å². The molecule has 1 aliphatic heterocycles. The van der Waals surface area contributed by atoms with Gasteiger partial charge >= 0.3 is 12.2 Å². The van der Waals surface area contributed by atoms with Crippen LogP contribution in [0.3, 0.4) is 0 Å². The van der Waals surface area contributed by atoms with Gasteiger partial charge in [0.15, 0.2) is 0 Å². The minimum absolute atomic E-state index is 0.259. The van der Waals surface area contributed by atoms with E-state index in [4.69, 9.17) is 14.2 Å². The molecule has 2 heterocycles. The molecule has 11 nitrogen and oxygen atoms in total. The van der Waals surface area contributed by atoms with E-state index in [9.17, 15) is 19.2 Å². The van der Waals surface area contributed by atoms with Gasteiger partial charge in [-0.1, -0.05) is 36.8 Å². The predicted octanol–water partition coefficient (Wildman–Crippen LogP) is 6.08. The molecule has 0 radical (unpaired) electrons. The van der Waals surface area contributed by atoms with E-state index >= 15 is 0 Å². The predicted molar refractivity (Wildman–Crippen MR) is 181 cm³/mol. The third-order valence-electron chi connectivity index (χ3n) is 7.89. The van der Waals surface area contributed by atoms with Crippen LogP contribution in [0.15, 0.2) is 53.5 Å². The van der Waals surface area contributed by atoms with E-state index in [0.29, 0.717) is 18.8 Å². The lowest BCUT2D eigenvalue weighted by atomic mass is 10.1. The van der Waals surface area contributed by atoms with Crippen LogP contribution in [-0.4, -0.2) is 86.8 Å². The van der Waals surface area contributed by atoms with E-state index in [1.54, 1.807) is 52.5 Å². The fourth-order valence-corrected chi connectivity index (χ4v) is 5.40. The van der Waals surface area contributed by atoms with Gasteiger partial charge in [-0.3, -0.25) is 9.59 Å². The van der Waals surface area contributed by atoms with E-state index in [0.717, 1.165) is 42.8 Å². The summed E-state index contributed by atoms with van der Waals surface area (Å²) in [5.74, 6) is -0.123. The lowest BCUT2D eigenvalue weighted by Gasteiger charge is -2.36. The number of rotatable bonds is 12. The normalized spacial score (nSPS) is 15.3. The first-order chi connectivity index (χ1) is 22.1. The number of hydrogen-bond donors (Lipinski definition) is 0. The summed E-state index contributed by atoms with van der Waals surface area (Å²) in [5.41, 5.74) is -1.44. The summed E-state index contributed by atoms with van der Waals surface area (Å²) in [6, 6.07) is 11.4. The van der Waals surface area contributed by atoms with E-state index in [-0.39, 0.29) is 19.2 Å². The zero-order valence-corrected chi connectivity index (χ0v) is 29.5. The number of aromatic nitrogens is 1. The first-order valence-electron chi connectivity index (χ1n) is 16.7. The topological polar surface area (TPSA) is 111 Å². The fourth-order valence-electron chi connectivity index (χ4n) is 5.40. The maximum atomic E-state index is 14.4.